The van der Waals surface area contributed by atoms with Gasteiger partial charge in [0.2, 0.25) is 0 Å². The molecule has 3 nitrogen and oxygen atoms in total. The predicted molar refractivity (Wildman–Crippen MR) is 154 cm³/mol. The first-order chi connectivity index (χ1) is 18.5. The third-order valence-corrected chi connectivity index (χ3v) is 9.59. The Balaban J connectivity index is 1.24. The summed E-state index contributed by atoms with van der Waals surface area (Å²) in [6.45, 7) is 0. The largest absolute Gasteiger partial charge is 0.497 e. The van der Waals surface area contributed by atoms with E-state index in [9.17, 15) is 4.79 Å². The Hall–Kier alpha value is -3.30. The van der Waals surface area contributed by atoms with Gasteiger partial charge in [-0.2, -0.15) is 0 Å². The molecule has 4 aliphatic carbocycles. The molecule has 0 unspecified atom stereocenters. The number of nitrogens with zero attached hydrogens (tertiary/aromatic N) is 1. The van der Waals surface area contributed by atoms with Crippen molar-refractivity contribution in [3.63, 3.8) is 0 Å². The molecule has 1 heterocycles. The van der Waals surface area contributed by atoms with E-state index in [1.807, 2.05) is 65.6 Å². The Morgan fingerprint density at radius 2 is 1.45 bits per heavy atom. The number of carbonyl (C=O) groups is 1. The number of hydrogen-bond acceptors (Lipinski definition) is 2. The molecule has 3 aromatic carbocycles. The minimum absolute atomic E-state index is 0.0201. The quantitative estimate of drug-likeness (QED) is 0.316. The van der Waals surface area contributed by atoms with Gasteiger partial charge in [-0.1, -0.05) is 48.0 Å². The first kappa shape index (κ1) is 23.8. The molecule has 0 spiro atoms. The van der Waals surface area contributed by atoms with E-state index in [2.05, 4.69) is 24.3 Å². The highest BCUT2D eigenvalue weighted by atomic mass is 35.5. The first-order valence-electron chi connectivity index (χ1n) is 13.8. The summed E-state index contributed by atoms with van der Waals surface area (Å²) in [6, 6.07) is 24.4. The molecular weight excluding hydrogens is 490 g/mol. The van der Waals surface area contributed by atoms with E-state index >= 15 is 0 Å². The van der Waals surface area contributed by atoms with Gasteiger partial charge in [-0.3, -0.25) is 9.69 Å². The molecule has 0 saturated heterocycles. The van der Waals surface area contributed by atoms with Gasteiger partial charge in [0, 0.05) is 16.3 Å². The summed E-state index contributed by atoms with van der Waals surface area (Å²) in [5.74, 6) is 3.50. The summed E-state index contributed by atoms with van der Waals surface area (Å²) in [5.41, 5.74) is 6.17. The van der Waals surface area contributed by atoms with Crippen LogP contribution in [0.25, 0.3) is 11.8 Å². The second kappa shape index (κ2) is 9.17. The lowest BCUT2D eigenvalue weighted by atomic mass is 9.48. The second-order valence-corrected chi connectivity index (χ2v) is 12.2. The summed E-state index contributed by atoms with van der Waals surface area (Å²) in [6.07, 6.45) is 12.3. The zero-order chi connectivity index (χ0) is 25.9. The summed E-state index contributed by atoms with van der Waals surface area (Å²) in [4.78, 5) is 15.7. The second-order valence-electron chi connectivity index (χ2n) is 11.8. The Kier molecular flexibility index (Phi) is 5.74. The summed E-state index contributed by atoms with van der Waals surface area (Å²) in [7, 11) is 1.65. The van der Waals surface area contributed by atoms with Crippen molar-refractivity contribution >= 4 is 35.0 Å². The van der Waals surface area contributed by atoms with Crippen LogP contribution in [0.2, 0.25) is 5.02 Å². The van der Waals surface area contributed by atoms with Crippen LogP contribution in [0.5, 0.6) is 5.75 Å². The maximum atomic E-state index is 13.8. The lowest BCUT2D eigenvalue weighted by Crippen LogP contribution is -2.48. The van der Waals surface area contributed by atoms with Crippen LogP contribution in [0, 0.1) is 17.8 Å². The average Bonchev–Trinajstić information content (AvgIpc) is 3.24. The van der Waals surface area contributed by atoms with E-state index in [1.165, 1.54) is 44.1 Å². The van der Waals surface area contributed by atoms with Crippen LogP contribution in [-0.4, -0.2) is 13.0 Å². The molecule has 1 amide bonds. The molecule has 38 heavy (non-hydrogen) atoms. The van der Waals surface area contributed by atoms with Gasteiger partial charge in [0.25, 0.3) is 5.91 Å². The van der Waals surface area contributed by atoms with Gasteiger partial charge in [-0.05, 0) is 127 Å². The van der Waals surface area contributed by atoms with Gasteiger partial charge in [0.15, 0.2) is 0 Å². The van der Waals surface area contributed by atoms with Gasteiger partial charge in [-0.15, -0.1) is 0 Å². The molecule has 0 N–H and O–H groups in total. The number of halogens is 1. The average molecular weight is 522 g/mol. The molecule has 5 aliphatic rings. The Labute approximate surface area is 229 Å². The number of hydrogen-bond donors (Lipinski definition) is 0. The van der Waals surface area contributed by atoms with E-state index in [4.69, 9.17) is 16.3 Å². The van der Waals surface area contributed by atoms with Crippen LogP contribution < -0.4 is 9.64 Å². The van der Waals surface area contributed by atoms with Crippen molar-refractivity contribution in [2.45, 2.75) is 43.9 Å². The van der Waals surface area contributed by atoms with Crippen LogP contribution in [0.4, 0.5) is 5.69 Å². The van der Waals surface area contributed by atoms with E-state index in [1.54, 1.807) is 7.11 Å². The third kappa shape index (κ3) is 4.08. The van der Waals surface area contributed by atoms with Crippen molar-refractivity contribution in [1.29, 1.82) is 0 Å². The van der Waals surface area contributed by atoms with E-state index in [-0.39, 0.29) is 5.91 Å². The number of benzene rings is 3. The van der Waals surface area contributed by atoms with E-state index < -0.39 is 0 Å². The molecule has 4 fully saturated rings. The maximum absolute atomic E-state index is 13.8. The predicted octanol–water partition coefficient (Wildman–Crippen LogP) is 8.29. The Morgan fingerprint density at radius 3 is 2.03 bits per heavy atom. The molecule has 8 rings (SSSR count). The number of rotatable bonds is 5. The lowest BCUT2D eigenvalue weighted by Gasteiger charge is -2.57. The molecular formula is C34H32ClNO2. The van der Waals surface area contributed by atoms with Crippen LogP contribution in [0.15, 0.2) is 84.4 Å². The van der Waals surface area contributed by atoms with Crippen LogP contribution in [-0.2, 0) is 10.2 Å². The molecule has 0 aromatic heterocycles. The minimum Gasteiger partial charge on any atom is -0.497 e. The summed E-state index contributed by atoms with van der Waals surface area (Å²) in [5, 5.41) is 0.680. The van der Waals surface area contributed by atoms with Gasteiger partial charge < -0.3 is 4.74 Å². The van der Waals surface area contributed by atoms with Gasteiger partial charge in [-0.25, -0.2) is 0 Å². The van der Waals surface area contributed by atoms with Gasteiger partial charge in [0.05, 0.1) is 12.8 Å². The van der Waals surface area contributed by atoms with Gasteiger partial charge >= 0.3 is 0 Å². The topological polar surface area (TPSA) is 29.5 Å². The van der Waals surface area contributed by atoms with Crippen LogP contribution >= 0.6 is 11.6 Å². The Morgan fingerprint density at radius 1 is 0.842 bits per heavy atom. The normalized spacial score (nSPS) is 28.7. The molecule has 4 bridgehead atoms. The van der Waals surface area contributed by atoms with E-state index in [0.29, 0.717) is 16.0 Å². The minimum atomic E-state index is -0.0201. The van der Waals surface area contributed by atoms with Crippen molar-refractivity contribution in [2.24, 2.45) is 17.8 Å². The zero-order valence-electron chi connectivity index (χ0n) is 21.7. The van der Waals surface area contributed by atoms with Crippen molar-refractivity contribution in [1.82, 2.24) is 0 Å². The van der Waals surface area contributed by atoms with Gasteiger partial charge in [0.1, 0.15) is 5.75 Å². The molecule has 3 aromatic rings. The molecule has 4 saturated carbocycles. The maximum Gasteiger partial charge on any atom is 0.262 e. The highest BCUT2D eigenvalue weighted by molar-refractivity contribution is 6.30. The third-order valence-electron chi connectivity index (χ3n) is 9.34. The van der Waals surface area contributed by atoms with E-state index in [0.717, 1.165) is 46.0 Å². The van der Waals surface area contributed by atoms with Crippen LogP contribution in [0.3, 0.4) is 0 Å². The number of carbonyl (C=O) groups excluding carboxylic acids is 1. The van der Waals surface area contributed by atoms with Crippen molar-refractivity contribution in [2.75, 3.05) is 12.0 Å². The fourth-order valence-corrected chi connectivity index (χ4v) is 8.14. The zero-order valence-corrected chi connectivity index (χ0v) is 22.5. The number of ether oxygens (including phenoxy) is 1. The van der Waals surface area contributed by atoms with Crippen LogP contribution in [0.1, 0.15) is 55.2 Å². The molecule has 192 valence electrons. The van der Waals surface area contributed by atoms with Crippen molar-refractivity contribution < 1.29 is 9.53 Å². The molecule has 0 radical (unpaired) electrons. The smallest absolute Gasteiger partial charge is 0.262 e. The standard InChI is InChI=1S/C34H32ClNO2/c1-38-31-12-2-22(3-13-31)17-27-18-32(26-4-8-29(35)9-5-26)36(33(27)37)30-10-6-28(7-11-30)34-19-23-14-24(20-34)16-25(15-23)21-34/h2-13,17-18,23-25H,14-16,19-21H2,1H3/b27-17-. The summed E-state index contributed by atoms with van der Waals surface area (Å²) >= 11 is 6.19. The van der Waals surface area contributed by atoms with Crippen molar-refractivity contribution in [3.8, 4) is 5.75 Å². The molecule has 4 heteroatoms. The van der Waals surface area contributed by atoms with Crippen molar-refractivity contribution in [3.05, 3.63) is 106 Å². The fraction of sp³-hybridized carbons (Fsp3) is 0.324. The lowest BCUT2D eigenvalue weighted by molar-refractivity contribution is -0.113. The fourth-order valence-electron chi connectivity index (χ4n) is 8.01. The number of methoxy groups -OCH3 is 1. The SMILES string of the molecule is COc1ccc(/C=C2/C=C(c3ccc(Cl)cc3)N(c3ccc(C45CC6CC(CC(C6)C4)C5)cc3)C2=O)cc1. The highest BCUT2D eigenvalue weighted by Gasteiger charge is 2.51. The first-order valence-corrected chi connectivity index (χ1v) is 14.2. The molecule has 1 aliphatic heterocycles. The monoisotopic (exact) mass is 521 g/mol. The number of anilines is 1. The number of amides is 1. The molecule has 0 atom stereocenters. The highest BCUT2D eigenvalue weighted by Crippen LogP contribution is 2.60. The summed E-state index contributed by atoms with van der Waals surface area (Å²) < 4.78 is 5.29. The Bertz CT molecular complexity index is 1400.